The SMILES string of the molecule is N=C(N)n1nc(-c2cnccn2)c2c1NCC2. The molecule has 0 aliphatic carbocycles. The predicted molar refractivity (Wildman–Crippen MR) is 62.8 cm³/mol. The van der Waals surface area contributed by atoms with Gasteiger partial charge in [0.15, 0.2) is 0 Å². The molecule has 0 aromatic carbocycles. The summed E-state index contributed by atoms with van der Waals surface area (Å²) in [5, 5.41) is 15.0. The summed E-state index contributed by atoms with van der Waals surface area (Å²) in [7, 11) is 0. The third-order valence-corrected chi connectivity index (χ3v) is 2.68. The van der Waals surface area contributed by atoms with Crippen LogP contribution >= 0.6 is 0 Å². The molecule has 0 atom stereocenters. The van der Waals surface area contributed by atoms with Crippen molar-refractivity contribution in [2.45, 2.75) is 6.42 Å². The lowest BCUT2D eigenvalue weighted by Crippen LogP contribution is -2.23. The Hall–Kier alpha value is -2.44. The first-order chi connectivity index (χ1) is 8.27. The van der Waals surface area contributed by atoms with E-state index >= 15 is 0 Å². The van der Waals surface area contributed by atoms with Crippen molar-refractivity contribution in [3.8, 4) is 11.4 Å². The Labute approximate surface area is 97.2 Å². The summed E-state index contributed by atoms with van der Waals surface area (Å²) in [6.07, 6.45) is 5.75. The minimum atomic E-state index is -0.106. The van der Waals surface area contributed by atoms with E-state index in [1.807, 2.05) is 0 Å². The van der Waals surface area contributed by atoms with Gasteiger partial charge in [-0.2, -0.15) is 9.78 Å². The Morgan fingerprint density at radius 2 is 2.35 bits per heavy atom. The number of hydrogen-bond acceptors (Lipinski definition) is 5. The molecule has 3 heterocycles. The van der Waals surface area contributed by atoms with E-state index in [4.69, 9.17) is 11.1 Å². The Morgan fingerprint density at radius 3 is 3.06 bits per heavy atom. The van der Waals surface area contributed by atoms with Gasteiger partial charge in [-0.25, -0.2) is 0 Å². The Kier molecular flexibility index (Phi) is 2.04. The van der Waals surface area contributed by atoms with Crippen molar-refractivity contribution in [2.24, 2.45) is 5.73 Å². The maximum absolute atomic E-state index is 7.48. The van der Waals surface area contributed by atoms with Crippen molar-refractivity contribution in [1.82, 2.24) is 19.7 Å². The number of nitrogens with zero attached hydrogens (tertiary/aromatic N) is 4. The number of fused-ring (bicyclic) bond motifs is 1. The summed E-state index contributed by atoms with van der Waals surface area (Å²) in [5.74, 6) is 0.684. The van der Waals surface area contributed by atoms with Gasteiger partial charge < -0.3 is 11.1 Å². The molecule has 86 valence electrons. The van der Waals surface area contributed by atoms with Crippen LogP contribution in [0, 0.1) is 5.41 Å². The number of aromatic nitrogens is 4. The second-order valence-electron chi connectivity index (χ2n) is 3.74. The van der Waals surface area contributed by atoms with E-state index in [0.717, 1.165) is 30.0 Å². The zero-order valence-electron chi connectivity index (χ0n) is 9.01. The topological polar surface area (TPSA) is 106 Å². The number of nitrogens with two attached hydrogens (primary N) is 1. The van der Waals surface area contributed by atoms with Crippen LogP contribution < -0.4 is 11.1 Å². The van der Waals surface area contributed by atoms with Crippen LogP contribution in [0.3, 0.4) is 0 Å². The van der Waals surface area contributed by atoms with Crippen LogP contribution in [0.2, 0.25) is 0 Å². The van der Waals surface area contributed by atoms with Gasteiger partial charge in [0, 0.05) is 24.5 Å². The van der Waals surface area contributed by atoms with Crippen molar-refractivity contribution >= 4 is 11.8 Å². The molecule has 4 N–H and O–H groups in total. The number of nitrogen functional groups attached to an aromatic ring is 1. The van der Waals surface area contributed by atoms with Gasteiger partial charge in [-0.3, -0.25) is 15.4 Å². The zero-order chi connectivity index (χ0) is 11.8. The lowest BCUT2D eigenvalue weighted by Gasteiger charge is -2.01. The summed E-state index contributed by atoms with van der Waals surface area (Å²) in [4.78, 5) is 8.25. The highest BCUT2D eigenvalue weighted by atomic mass is 15.4. The highest BCUT2D eigenvalue weighted by molar-refractivity contribution is 5.84. The Morgan fingerprint density at radius 1 is 1.47 bits per heavy atom. The molecule has 0 bridgehead atoms. The average Bonchev–Trinajstić information content (AvgIpc) is 2.90. The van der Waals surface area contributed by atoms with Gasteiger partial charge in [0.05, 0.1) is 6.20 Å². The van der Waals surface area contributed by atoms with Crippen LogP contribution in [0.5, 0.6) is 0 Å². The summed E-state index contributed by atoms with van der Waals surface area (Å²) >= 11 is 0. The molecule has 1 aliphatic heterocycles. The fourth-order valence-electron chi connectivity index (χ4n) is 1.98. The Balaban J connectivity index is 2.19. The van der Waals surface area contributed by atoms with Crippen molar-refractivity contribution in [3.05, 3.63) is 24.2 Å². The van der Waals surface area contributed by atoms with Gasteiger partial charge in [-0.15, -0.1) is 0 Å². The van der Waals surface area contributed by atoms with E-state index in [-0.39, 0.29) is 5.96 Å². The molecule has 0 radical (unpaired) electrons. The van der Waals surface area contributed by atoms with Gasteiger partial charge in [-0.1, -0.05) is 0 Å². The maximum atomic E-state index is 7.48. The number of nitrogens with one attached hydrogen (secondary N) is 2. The van der Waals surface area contributed by atoms with Crippen molar-refractivity contribution < 1.29 is 0 Å². The van der Waals surface area contributed by atoms with Crippen molar-refractivity contribution in [1.29, 1.82) is 5.41 Å². The molecule has 1 aliphatic rings. The van der Waals surface area contributed by atoms with Crippen LogP contribution in [-0.4, -0.2) is 32.3 Å². The molecule has 0 unspecified atom stereocenters. The third-order valence-electron chi connectivity index (χ3n) is 2.68. The molecule has 2 aromatic heterocycles. The largest absolute Gasteiger partial charge is 0.369 e. The maximum Gasteiger partial charge on any atom is 0.215 e. The molecule has 17 heavy (non-hydrogen) atoms. The van der Waals surface area contributed by atoms with E-state index in [2.05, 4.69) is 20.4 Å². The summed E-state index contributed by atoms with van der Waals surface area (Å²) in [6.45, 7) is 0.827. The molecule has 7 heteroatoms. The minimum absolute atomic E-state index is 0.106. The number of hydrogen-bond donors (Lipinski definition) is 3. The van der Waals surface area contributed by atoms with Gasteiger partial charge in [-0.05, 0) is 6.42 Å². The van der Waals surface area contributed by atoms with E-state index < -0.39 is 0 Å². The molecule has 3 rings (SSSR count). The van der Waals surface area contributed by atoms with E-state index in [1.54, 1.807) is 18.6 Å². The molecular formula is C10H11N7. The zero-order valence-corrected chi connectivity index (χ0v) is 9.01. The summed E-state index contributed by atoms with van der Waals surface area (Å²) in [5.41, 5.74) is 7.97. The normalized spacial score (nSPS) is 13.2. The third kappa shape index (κ3) is 1.43. The van der Waals surface area contributed by atoms with Gasteiger partial charge in [0.25, 0.3) is 0 Å². The predicted octanol–water partition coefficient (Wildman–Crippen LogP) is 0.0497. The quantitative estimate of drug-likeness (QED) is 0.473. The van der Waals surface area contributed by atoms with Gasteiger partial charge in [0.2, 0.25) is 5.96 Å². The van der Waals surface area contributed by atoms with Crippen molar-refractivity contribution in [2.75, 3.05) is 11.9 Å². The molecule has 0 saturated heterocycles. The smallest absolute Gasteiger partial charge is 0.215 e. The van der Waals surface area contributed by atoms with Gasteiger partial charge >= 0.3 is 0 Å². The summed E-state index contributed by atoms with van der Waals surface area (Å²) in [6, 6.07) is 0. The highest BCUT2D eigenvalue weighted by Crippen LogP contribution is 2.30. The number of rotatable bonds is 1. The van der Waals surface area contributed by atoms with Crippen LogP contribution in [0.1, 0.15) is 5.56 Å². The Bertz CT molecular complexity index is 572. The molecule has 0 amide bonds. The fraction of sp³-hybridized carbons (Fsp3) is 0.200. The molecule has 0 saturated carbocycles. The van der Waals surface area contributed by atoms with E-state index in [1.165, 1.54) is 4.68 Å². The first kappa shape index (κ1) is 9.76. The van der Waals surface area contributed by atoms with Crippen molar-refractivity contribution in [3.63, 3.8) is 0 Å². The molecule has 0 spiro atoms. The lowest BCUT2D eigenvalue weighted by atomic mass is 10.1. The van der Waals surface area contributed by atoms with Crippen LogP contribution in [0.4, 0.5) is 5.82 Å². The molecule has 2 aromatic rings. The van der Waals surface area contributed by atoms with E-state index in [9.17, 15) is 0 Å². The van der Waals surface area contributed by atoms with Gasteiger partial charge in [0.1, 0.15) is 17.2 Å². The van der Waals surface area contributed by atoms with E-state index in [0.29, 0.717) is 5.69 Å². The highest BCUT2D eigenvalue weighted by Gasteiger charge is 2.24. The molecule has 0 fully saturated rings. The minimum Gasteiger partial charge on any atom is -0.369 e. The summed E-state index contributed by atoms with van der Waals surface area (Å²) < 4.78 is 1.40. The fourth-order valence-corrected chi connectivity index (χ4v) is 1.98. The second-order valence-corrected chi connectivity index (χ2v) is 3.74. The number of anilines is 1. The molecular weight excluding hydrogens is 218 g/mol. The first-order valence-electron chi connectivity index (χ1n) is 5.24. The standard InChI is InChI=1S/C10H11N7/c11-10(12)17-9-6(1-2-15-9)8(16-17)7-5-13-3-4-14-7/h3-5,15H,1-2H2,(H3,11,12). The second kappa shape index (κ2) is 3.55. The average molecular weight is 229 g/mol. The first-order valence-corrected chi connectivity index (χ1v) is 5.24. The van der Waals surface area contributed by atoms with Crippen LogP contribution in [0.15, 0.2) is 18.6 Å². The monoisotopic (exact) mass is 229 g/mol. The van der Waals surface area contributed by atoms with Crippen LogP contribution in [-0.2, 0) is 6.42 Å². The van der Waals surface area contributed by atoms with Crippen LogP contribution in [0.25, 0.3) is 11.4 Å². The molecule has 7 nitrogen and oxygen atoms in total. The lowest BCUT2D eigenvalue weighted by molar-refractivity contribution is 0.907.